The molecule has 0 aliphatic carbocycles. The molecule has 0 saturated heterocycles. The van der Waals surface area contributed by atoms with E-state index in [9.17, 15) is 18.4 Å². The monoisotopic (exact) mass is 323 g/mol. The molecule has 0 unspecified atom stereocenters. The first kappa shape index (κ1) is 16.8. The molecule has 0 fully saturated rings. The highest BCUT2D eigenvalue weighted by Gasteiger charge is 2.20. The van der Waals surface area contributed by atoms with Crippen LogP contribution in [0, 0.1) is 0 Å². The van der Waals surface area contributed by atoms with Gasteiger partial charge in [-0.05, 0) is 12.1 Å². The molecule has 122 valence electrons. The molecule has 0 aliphatic rings. The predicted molar refractivity (Wildman–Crippen MR) is 79.1 cm³/mol. The van der Waals surface area contributed by atoms with Gasteiger partial charge in [0.25, 0.3) is 11.8 Å². The third-order valence-corrected chi connectivity index (χ3v) is 3.13. The van der Waals surface area contributed by atoms with Crippen molar-refractivity contribution in [3.8, 4) is 0 Å². The Bertz CT molecular complexity index is 709. The fourth-order valence-corrected chi connectivity index (χ4v) is 1.94. The molecule has 0 radical (unpaired) electrons. The first-order valence-corrected chi connectivity index (χ1v) is 6.83. The van der Waals surface area contributed by atoms with Crippen molar-refractivity contribution in [3.63, 3.8) is 0 Å². The molecule has 2 amide bonds. The summed E-state index contributed by atoms with van der Waals surface area (Å²) in [6.07, 6.45) is -1.78. The molecule has 0 saturated carbocycles. The Morgan fingerprint density at radius 1 is 1.26 bits per heavy atom. The summed E-state index contributed by atoms with van der Waals surface area (Å²) >= 11 is 0. The summed E-state index contributed by atoms with van der Waals surface area (Å²) in [4.78, 5) is 27.1. The molecule has 2 aromatic rings. The van der Waals surface area contributed by atoms with Gasteiger partial charge in [0.15, 0.2) is 0 Å². The van der Waals surface area contributed by atoms with Crippen molar-refractivity contribution in [2.75, 3.05) is 13.2 Å². The van der Waals surface area contributed by atoms with Crippen molar-refractivity contribution in [1.29, 1.82) is 0 Å². The van der Waals surface area contributed by atoms with Crippen molar-refractivity contribution in [2.24, 2.45) is 0 Å². The van der Waals surface area contributed by atoms with Crippen LogP contribution >= 0.6 is 0 Å². The summed E-state index contributed by atoms with van der Waals surface area (Å²) < 4.78 is 24.3. The fourth-order valence-electron chi connectivity index (χ4n) is 1.94. The van der Waals surface area contributed by atoms with E-state index in [2.05, 4.69) is 10.3 Å². The minimum absolute atomic E-state index is 0.180. The Balaban J connectivity index is 1.98. The van der Waals surface area contributed by atoms with Gasteiger partial charge in [-0.1, -0.05) is 18.2 Å². The van der Waals surface area contributed by atoms with Crippen LogP contribution in [0.5, 0.6) is 0 Å². The van der Waals surface area contributed by atoms with Crippen LogP contribution in [0.25, 0.3) is 10.9 Å². The van der Waals surface area contributed by atoms with Gasteiger partial charge in [-0.25, -0.2) is 0 Å². The van der Waals surface area contributed by atoms with Crippen molar-refractivity contribution in [3.05, 3.63) is 42.1 Å². The van der Waals surface area contributed by atoms with Crippen molar-refractivity contribution in [1.82, 2.24) is 15.6 Å². The first-order chi connectivity index (χ1) is 11.0. The Morgan fingerprint density at radius 2 is 2.00 bits per heavy atom. The predicted octanol–water partition coefficient (Wildman–Crippen LogP) is 0.707. The highest BCUT2D eigenvalue weighted by Crippen LogP contribution is 2.12. The quantitative estimate of drug-likeness (QED) is 0.730. The Hall–Kier alpha value is -2.61. The van der Waals surface area contributed by atoms with Gasteiger partial charge in [-0.3, -0.25) is 14.6 Å². The molecular formula is C15H15F2N3O3. The van der Waals surface area contributed by atoms with E-state index in [1.807, 2.05) is 17.4 Å². The summed E-state index contributed by atoms with van der Waals surface area (Å²) in [5.74, 6) is -1.97. The van der Waals surface area contributed by atoms with E-state index in [-0.39, 0.29) is 6.54 Å². The average molecular weight is 323 g/mol. The van der Waals surface area contributed by atoms with Crippen LogP contribution in [0.2, 0.25) is 0 Å². The third-order valence-electron chi connectivity index (χ3n) is 3.13. The number of hydrogen-bond acceptors (Lipinski definition) is 4. The van der Waals surface area contributed by atoms with E-state index in [1.165, 1.54) is 6.20 Å². The number of nitrogens with one attached hydrogen (secondary N) is 2. The number of hydrogen-bond donors (Lipinski definition) is 3. The van der Waals surface area contributed by atoms with Gasteiger partial charge in [-0.15, -0.1) is 0 Å². The van der Waals surface area contributed by atoms with Crippen LogP contribution in [-0.4, -0.2) is 47.5 Å². The van der Waals surface area contributed by atoms with Gasteiger partial charge in [0.05, 0.1) is 23.7 Å². The summed E-state index contributed by atoms with van der Waals surface area (Å²) in [7, 11) is 0. The Labute approximate surface area is 130 Å². The van der Waals surface area contributed by atoms with Crippen LogP contribution < -0.4 is 10.6 Å². The number of rotatable bonds is 6. The zero-order valence-electron chi connectivity index (χ0n) is 12.0. The lowest BCUT2D eigenvalue weighted by Crippen LogP contribution is -2.47. The number of amides is 2. The smallest absolute Gasteiger partial charge is 0.315 e. The third kappa shape index (κ3) is 4.43. The van der Waals surface area contributed by atoms with E-state index in [4.69, 9.17) is 5.11 Å². The molecule has 0 spiro atoms. The number of aliphatic hydroxyl groups excluding tert-OH is 1. The summed E-state index contributed by atoms with van der Waals surface area (Å²) in [5.41, 5.74) is 1.03. The number of benzene rings is 1. The van der Waals surface area contributed by atoms with Crippen LogP contribution in [0.4, 0.5) is 8.78 Å². The Morgan fingerprint density at radius 3 is 2.70 bits per heavy atom. The largest absolute Gasteiger partial charge is 0.394 e. The van der Waals surface area contributed by atoms with Gasteiger partial charge in [0.1, 0.15) is 0 Å². The van der Waals surface area contributed by atoms with E-state index in [0.717, 1.165) is 10.9 Å². The number of fused-ring (bicyclic) bond motifs is 1. The minimum atomic E-state index is -3.18. The van der Waals surface area contributed by atoms with Crippen LogP contribution in [-0.2, 0) is 4.79 Å². The molecule has 6 nitrogen and oxygen atoms in total. The number of pyridine rings is 1. The van der Waals surface area contributed by atoms with Gasteiger partial charge < -0.3 is 15.7 Å². The van der Waals surface area contributed by atoms with Crippen molar-refractivity contribution < 1.29 is 23.5 Å². The van der Waals surface area contributed by atoms with Gasteiger partial charge in [0, 0.05) is 18.1 Å². The molecule has 3 N–H and O–H groups in total. The summed E-state index contributed by atoms with van der Waals surface area (Å²) in [6.45, 7) is -0.755. The maximum atomic E-state index is 12.1. The number of nitrogens with zero attached hydrogens (tertiary/aromatic N) is 1. The second-order valence-electron chi connectivity index (χ2n) is 4.82. The van der Waals surface area contributed by atoms with E-state index in [0.29, 0.717) is 5.56 Å². The zero-order valence-corrected chi connectivity index (χ0v) is 12.0. The van der Waals surface area contributed by atoms with E-state index < -0.39 is 30.9 Å². The summed E-state index contributed by atoms with van der Waals surface area (Å²) in [5, 5.41) is 14.2. The van der Waals surface area contributed by atoms with E-state index >= 15 is 0 Å². The molecule has 2 rings (SSSR count). The maximum Gasteiger partial charge on any atom is 0.315 e. The fraction of sp³-hybridized carbons (Fsp3) is 0.267. The first-order valence-electron chi connectivity index (χ1n) is 6.83. The van der Waals surface area contributed by atoms with Crippen LogP contribution in [0.3, 0.4) is 0 Å². The molecule has 0 aliphatic heterocycles. The topological polar surface area (TPSA) is 91.3 Å². The SMILES string of the molecule is O=C(NC[C@H](CO)NC(=O)C(F)F)c1cnc2ccccc2c1. The minimum Gasteiger partial charge on any atom is -0.394 e. The highest BCUT2D eigenvalue weighted by molar-refractivity contribution is 5.97. The molecular weight excluding hydrogens is 308 g/mol. The van der Waals surface area contributed by atoms with Gasteiger partial charge in [-0.2, -0.15) is 8.78 Å². The molecule has 1 aromatic heterocycles. The number of aromatic nitrogens is 1. The van der Waals surface area contributed by atoms with Crippen LogP contribution in [0.15, 0.2) is 36.5 Å². The molecule has 0 bridgehead atoms. The second kappa shape index (κ2) is 7.59. The standard InChI is InChI=1S/C15H15F2N3O3/c16-13(17)15(23)20-11(8-21)7-19-14(22)10-5-9-3-1-2-4-12(9)18-6-10/h1-6,11,13,21H,7-8H2,(H,19,22)(H,20,23)/t11-/m1/s1. The van der Waals surface area contributed by atoms with Gasteiger partial charge >= 0.3 is 6.43 Å². The normalized spacial score (nSPS) is 12.2. The number of aliphatic hydroxyl groups is 1. The van der Waals surface area contributed by atoms with E-state index in [1.54, 1.807) is 18.2 Å². The number of carbonyl (C=O) groups is 2. The summed E-state index contributed by atoms with van der Waals surface area (Å²) in [6, 6.07) is 7.90. The number of alkyl halides is 2. The molecule has 1 heterocycles. The molecule has 8 heteroatoms. The van der Waals surface area contributed by atoms with Crippen molar-refractivity contribution in [2.45, 2.75) is 12.5 Å². The van der Waals surface area contributed by atoms with Crippen molar-refractivity contribution >= 4 is 22.7 Å². The highest BCUT2D eigenvalue weighted by atomic mass is 19.3. The second-order valence-corrected chi connectivity index (χ2v) is 4.82. The lowest BCUT2D eigenvalue weighted by Gasteiger charge is -2.16. The molecule has 1 atom stereocenters. The average Bonchev–Trinajstić information content (AvgIpc) is 2.57. The Kier molecular flexibility index (Phi) is 5.53. The number of halogens is 2. The molecule has 23 heavy (non-hydrogen) atoms. The number of para-hydroxylation sites is 1. The lowest BCUT2D eigenvalue weighted by atomic mass is 10.1. The maximum absolute atomic E-state index is 12.1. The molecule has 1 aromatic carbocycles. The van der Waals surface area contributed by atoms with Gasteiger partial charge in [0.2, 0.25) is 0 Å². The zero-order chi connectivity index (χ0) is 16.8. The number of carbonyl (C=O) groups excluding carboxylic acids is 2. The lowest BCUT2D eigenvalue weighted by molar-refractivity contribution is -0.132. The van der Waals surface area contributed by atoms with Crippen LogP contribution in [0.1, 0.15) is 10.4 Å².